The highest BCUT2D eigenvalue weighted by molar-refractivity contribution is 6.04. The van der Waals surface area contributed by atoms with Gasteiger partial charge < -0.3 is 5.32 Å². The molecule has 4 aromatic rings. The van der Waals surface area contributed by atoms with Crippen molar-refractivity contribution in [2.24, 2.45) is 0 Å². The maximum atomic E-state index is 14.3. The predicted octanol–water partition coefficient (Wildman–Crippen LogP) is 4.98. The third kappa shape index (κ3) is 4.15. The number of hydrogen-bond donors (Lipinski definition) is 1. The zero-order chi connectivity index (χ0) is 22.0. The van der Waals surface area contributed by atoms with Crippen LogP contribution in [0.1, 0.15) is 10.5 Å². The largest absolute Gasteiger partial charge is 0.321 e. The van der Waals surface area contributed by atoms with Crippen molar-refractivity contribution in [1.29, 1.82) is 0 Å². The number of aromatic nitrogens is 2. The molecule has 154 valence electrons. The molecule has 9 heteroatoms. The highest BCUT2D eigenvalue weighted by Crippen LogP contribution is 2.25. The highest BCUT2D eigenvalue weighted by atomic mass is 19.1. The fourth-order valence-corrected chi connectivity index (χ4v) is 2.98. The number of rotatable bonds is 5. The van der Waals surface area contributed by atoms with E-state index in [1.165, 1.54) is 77.5 Å². The molecule has 4 rings (SSSR count). The smallest absolute Gasteiger partial charge is 0.274 e. The Morgan fingerprint density at radius 2 is 1.65 bits per heavy atom. The Labute approximate surface area is 174 Å². The number of amides is 1. The number of non-ortho nitro benzene ring substituents is 1. The van der Waals surface area contributed by atoms with Crippen molar-refractivity contribution in [2.75, 3.05) is 5.32 Å². The lowest BCUT2D eigenvalue weighted by atomic mass is 10.1. The standard InChI is InChI=1S/C22H14F2N4O3/c23-14-5-7-15(8-6-14)25-22(29)21-13-20(18-3-1-2-4-19(18)24)26-27(21)16-9-11-17(12-10-16)28(30)31/h1-13H,(H,25,29). The lowest BCUT2D eigenvalue weighted by Gasteiger charge is -2.08. The highest BCUT2D eigenvalue weighted by Gasteiger charge is 2.20. The topological polar surface area (TPSA) is 90.1 Å². The second-order valence-electron chi connectivity index (χ2n) is 6.54. The molecular weight excluding hydrogens is 406 g/mol. The van der Waals surface area contributed by atoms with Gasteiger partial charge in [0.2, 0.25) is 0 Å². The molecule has 0 saturated heterocycles. The second kappa shape index (κ2) is 8.15. The number of carbonyl (C=O) groups excluding carboxylic acids is 1. The number of hydrogen-bond acceptors (Lipinski definition) is 4. The molecule has 0 radical (unpaired) electrons. The number of anilines is 1. The Balaban J connectivity index is 1.78. The molecule has 1 amide bonds. The number of carbonyl (C=O) groups is 1. The molecule has 0 unspecified atom stereocenters. The molecule has 31 heavy (non-hydrogen) atoms. The first-order valence-corrected chi connectivity index (χ1v) is 9.09. The molecule has 1 aromatic heterocycles. The summed E-state index contributed by atoms with van der Waals surface area (Å²) < 4.78 is 28.7. The van der Waals surface area contributed by atoms with E-state index in [1.807, 2.05) is 0 Å². The molecular formula is C22H14F2N4O3. The Kier molecular flexibility index (Phi) is 5.23. The summed E-state index contributed by atoms with van der Waals surface area (Å²) >= 11 is 0. The summed E-state index contributed by atoms with van der Waals surface area (Å²) in [5.41, 5.74) is 1.08. The lowest BCUT2D eigenvalue weighted by Crippen LogP contribution is -2.17. The van der Waals surface area contributed by atoms with Gasteiger partial charge in [-0.15, -0.1) is 0 Å². The van der Waals surface area contributed by atoms with E-state index < -0.39 is 22.5 Å². The van der Waals surface area contributed by atoms with Gasteiger partial charge in [0, 0.05) is 23.4 Å². The van der Waals surface area contributed by atoms with Crippen LogP contribution in [0, 0.1) is 21.7 Å². The summed E-state index contributed by atoms with van der Waals surface area (Å²) in [6.45, 7) is 0. The average molecular weight is 420 g/mol. The van der Waals surface area contributed by atoms with Gasteiger partial charge >= 0.3 is 0 Å². The maximum absolute atomic E-state index is 14.3. The molecule has 1 N–H and O–H groups in total. The van der Waals surface area contributed by atoms with E-state index in [4.69, 9.17) is 0 Å². The van der Waals surface area contributed by atoms with Crippen LogP contribution in [0.5, 0.6) is 0 Å². The van der Waals surface area contributed by atoms with E-state index in [2.05, 4.69) is 10.4 Å². The minimum absolute atomic E-state index is 0.0661. The van der Waals surface area contributed by atoms with E-state index in [0.29, 0.717) is 11.4 Å². The quantitative estimate of drug-likeness (QED) is 0.364. The Hall–Kier alpha value is -4.40. The lowest BCUT2D eigenvalue weighted by molar-refractivity contribution is -0.384. The first kappa shape index (κ1) is 19.9. The number of benzene rings is 3. The zero-order valence-corrected chi connectivity index (χ0v) is 15.8. The summed E-state index contributed by atoms with van der Waals surface area (Å²) in [5.74, 6) is -1.53. The van der Waals surface area contributed by atoms with Crippen molar-refractivity contribution in [3.63, 3.8) is 0 Å². The minimum Gasteiger partial charge on any atom is -0.321 e. The van der Waals surface area contributed by atoms with Crippen LogP contribution in [0.4, 0.5) is 20.2 Å². The summed E-state index contributed by atoms with van der Waals surface area (Å²) in [4.78, 5) is 23.3. The first-order chi connectivity index (χ1) is 14.9. The van der Waals surface area contributed by atoms with Gasteiger partial charge in [-0.25, -0.2) is 13.5 Å². The van der Waals surface area contributed by atoms with Crippen LogP contribution in [0.25, 0.3) is 16.9 Å². The summed E-state index contributed by atoms with van der Waals surface area (Å²) in [7, 11) is 0. The molecule has 0 bridgehead atoms. The second-order valence-corrected chi connectivity index (χ2v) is 6.54. The molecule has 7 nitrogen and oxygen atoms in total. The van der Waals surface area contributed by atoms with Crippen LogP contribution in [0.15, 0.2) is 78.9 Å². The molecule has 0 atom stereocenters. The van der Waals surface area contributed by atoms with Gasteiger partial charge in [-0.2, -0.15) is 5.10 Å². The van der Waals surface area contributed by atoms with E-state index >= 15 is 0 Å². The van der Waals surface area contributed by atoms with E-state index in [9.17, 15) is 23.7 Å². The molecule has 0 aliphatic heterocycles. The van der Waals surface area contributed by atoms with Gasteiger partial charge in [0.15, 0.2) is 0 Å². The number of nitrogens with zero attached hydrogens (tertiary/aromatic N) is 3. The van der Waals surface area contributed by atoms with Crippen molar-refractivity contribution in [3.05, 3.63) is 106 Å². The SMILES string of the molecule is O=C(Nc1ccc(F)cc1)c1cc(-c2ccccc2F)nn1-c1ccc([N+](=O)[O-])cc1. The zero-order valence-electron chi connectivity index (χ0n) is 15.8. The van der Waals surface area contributed by atoms with Crippen molar-refractivity contribution in [2.45, 2.75) is 0 Å². The molecule has 0 saturated carbocycles. The Morgan fingerprint density at radius 1 is 0.968 bits per heavy atom. The number of nitro benzene ring substituents is 1. The van der Waals surface area contributed by atoms with Gasteiger partial charge in [0.1, 0.15) is 17.3 Å². The summed E-state index contributed by atoms with van der Waals surface area (Å²) in [6.07, 6.45) is 0. The van der Waals surface area contributed by atoms with Crippen molar-refractivity contribution in [3.8, 4) is 16.9 Å². The third-order valence-corrected chi connectivity index (χ3v) is 4.50. The fraction of sp³-hybridized carbons (Fsp3) is 0. The van der Waals surface area contributed by atoms with Crippen molar-refractivity contribution >= 4 is 17.3 Å². The molecule has 0 aliphatic rings. The molecule has 3 aromatic carbocycles. The molecule has 0 fully saturated rings. The average Bonchev–Trinajstić information content (AvgIpc) is 3.21. The molecule has 0 spiro atoms. The summed E-state index contributed by atoms with van der Waals surface area (Å²) in [6, 6.07) is 18.0. The number of halogens is 2. The molecule has 0 aliphatic carbocycles. The van der Waals surface area contributed by atoms with Gasteiger partial charge in [-0.3, -0.25) is 14.9 Å². The Morgan fingerprint density at radius 3 is 2.29 bits per heavy atom. The third-order valence-electron chi connectivity index (χ3n) is 4.50. The van der Waals surface area contributed by atoms with Gasteiger partial charge in [-0.1, -0.05) is 12.1 Å². The van der Waals surface area contributed by atoms with E-state index in [1.54, 1.807) is 6.07 Å². The number of nitrogens with one attached hydrogen (secondary N) is 1. The Bertz CT molecular complexity index is 1270. The monoisotopic (exact) mass is 420 g/mol. The normalized spacial score (nSPS) is 10.6. The summed E-state index contributed by atoms with van der Waals surface area (Å²) in [5, 5.41) is 17.9. The van der Waals surface area contributed by atoms with E-state index in [-0.39, 0.29) is 22.6 Å². The first-order valence-electron chi connectivity index (χ1n) is 9.09. The van der Waals surface area contributed by atoms with Crippen LogP contribution in [0.3, 0.4) is 0 Å². The van der Waals surface area contributed by atoms with Crippen molar-refractivity contribution in [1.82, 2.24) is 9.78 Å². The van der Waals surface area contributed by atoms with Gasteiger partial charge in [-0.05, 0) is 54.6 Å². The minimum atomic E-state index is -0.569. The van der Waals surface area contributed by atoms with Crippen LogP contribution < -0.4 is 5.32 Å². The van der Waals surface area contributed by atoms with E-state index in [0.717, 1.165) is 0 Å². The van der Waals surface area contributed by atoms with Crippen LogP contribution in [0.2, 0.25) is 0 Å². The van der Waals surface area contributed by atoms with Gasteiger partial charge in [0.05, 0.1) is 16.3 Å². The fourth-order valence-electron chi connectivity index (χ4n) is 2.98. The predicted molar refractivity (Wildman–Crippen MR) is 110 cm³/mol. The van der Waals surface area contributed by atoms with Gasteiger partial charge in [0.25, 0.3) is 11.6 Å². The van der Waals surface area contributed by atoms with Crippen LogP contribution in [-0.4, -0.2) is 20.6 Å². The van der Waals surface area contributed by atoms with Crippen LogP contribution >= 0.6 is 0 Å². The number of nitro groups is 1. The molecule has 1 heterocycles. The van der Waals surface area contributed by atoms with Crippen LogP contribution in [-0.2, 0) is 0 Å². The maximum Gasteiger partial charge on any atom is 0.274 e. The van der Waals surface area contributed by atoms with Crippen molar-refractivity contribution < 1.29 is 18.5 Å².